The van der Waals surface area contributed by atoms with Crippen molar-refractivity contribution >= 4 is 11.8 Å². The Morgan fingerprint density at radius 1 is 1.04 bits per heavy atom. The van der Waals surface area contributed by atoms with Crippen LogP contribution in [0.1, 0.15) is 79.1 Å². The van der Waals surface area contributed by atoms with Crippen molar-refractivity contribution in [3.63, 3.8) is 0 Å². The molecule has 28 heavy (non-hydrogen) atoms. The highest BCUT2D eigenvalue weighted by Crippen LogP contribution is 2.68. The van der Waals surface area contributed by atoms with Gasteiger partial charge in [0.2, 0.25) is 0 Å². The number of esters is 1. The molecule has 4 aliphatic rings. The van der Waals surface area contributed by atoms with E-state index in [1.165, 1.54) is 13.8 Å². The Hall–Kier alpha value is -0.940. The first kappa shape index (κ1) is 20.3. The van der Waals surface area contributed by atoms with E-state index in [1.807, 2.05) is 0 Å². The number of carbonyl (C=O) groups is 2. The summed E-state index contributed by atoms with van der Waals surface area (Å²) in [6, 6.07) is 0. The molecule has 0 unspecified atom stereocenters. The highest BCUT2D eigenvalue weighted by Gasteiger charge is 2.69. The van der Waals surface area contributed by atoms with Gasteiger partial charge in [-0.2, -0.15) is 0 Å². The number of aliphatic hydroxyl groups excluding tert-OH is 1. The molecule has 0 aromatic carbocycles. The minimum absolute atomic E-state index is 0.0422. The van der Waals surface area contributed by atoms with Gasteiger partial charge in [-0.3, -0.25) is 9.59 Å². The van der Waals surface area contributed by atoms with Gasteiger partial charge in [0.05, 0.1) is 6.10 Å². The van der Waals surface area contributed by atoms with Gasteiger partial charge in [-0.1, -0.05) is 13.8 Å². The summed E-state index contributed by atoms with van der Waals surface area (Å²) in [6.45, 7) is 7.35. The summed E-state index contributed by atoms with van der Waals surface area (Å²) >= 11 is 0. The maximum Gasteiger partial charge on any atom is 0.302 e. The lowest BCUT2D eigenvalue weighted by molar-refractivity contribution is -0.212. The number of Topliss-reactive ketones (excluding diaryl/α,β-unsaturated/α-hetero) is 1. The van der Waals surface area contributed by atoms with E-state index in [4.69, 9.17) is 4.74 Å². The summed E-state index contributed by atoms with van der Waals surface area (Å²) in [5, 5.41) is 21.6. The number of aliphatic hydroxyl groups is 2. The van der Waals surface area contributed by atoms with Crippen LogP contribution in [0.5, 0.6) is 0 Å². The molecule has 0 saturated heterocycles. The second-order valence-corrected chi connectivity index (χ2v) is 10.7. The van der Waals surface area contributed by atoms with E-state index in [0.29, 0.717) is 24.7 Å². The van der Waals surface area contributed by atoms with Crippen molar-refractivity contribution in [2.45, 2.75) is 96.9 Å². The minimum Gasteiger partial charge on any atom is -0.462 e. The number of hydrogen-bond acceptors (Lipinski definition) is 5. The predicted octanol–water partition coefficient (Wildman–Crippen LogP) is 3.25. The Bertz CT molecular complexity index is 676. The van der Waals surface area contributed by atoms with Gasteiger partial charge in [0, 0.05) is 18.3 Å². The topological polar surface area (TPSA) is 83.8 Å². The summed E-state index contributed by atoms with van der Waals surface area (Å²) in [5.41, 5.74) is -1.82. The zero-order valence-corrected chi connectivity index (χ0v) is 17.7. The van der Waals surface area contributed by atoms with Crippen LogP contribution < -0.4 is 0 Å². The van der Waals surface area contributed by atoms with E-state index < -0.39 is 11.0 Å². The van der Waals surface area contributed by atoms with Gasteiger partial charge in [0.1, 0.15) is 11.7 Å². The molecular weight excluding hydrogens is 356 g/mol. The van der Waals surface area contributed by atoms with Gasteiger partial charge in [0.15, 0.2) is 5.78 Å². The Balaban J connectivity index is 1.76. The van der Waals surface area contributed by atoms with Crippen molar-refractivity contribution in [1.29, 1.82) is 0 Å². The second kappa shape index (κ2) is 6.53. The number of ketones is 1. The maximum atomic E-state index is 12.5. The lowest BCUT2D eigenvalue weighted by Gasteiger charge is -2.63. The fraction of sp³-hybridized carbons (Fsp3) is 0.913. The van der Waals surface area contributed by atoms with Crippen LogP contribution in [0.4, 0.5) is 0 Å². The van der Waals surface area contributed by atoms with Crippen LogP contribution >= 0.6 is 0 Å². The number of hydrogen-bond donors (Lipinski definition) is 2. The van der Waals surface area contributed by atoms with Crippen LogP contribution in [0.2, 0.25) is 0 Å². The van der Waals surface area contributed by atoms with E-state index in [2.05, 4.69) is 13.8 Å². The monoisotopic (exact) mass is 392 g/mol. The van der Waals surface area contributed by atoms with E-state index in [-0.39, 0.29) is 41.2 Å². The molecule has 5 heteroatoms. The van der Waals surface area contributed by atoms with Gasteiger partial charge in [-0.05, 0) is 81.5 Å². The smallest absolute Gasteiger partial charge is 0.302 e. The Labute approximate surface area is 168 Å². The van der Waals surface area contributed by atoms with Crippen LogP contribution in [0.25, 0.3) is 0 Å². The third kappa shape index (κ3) is 2.64. The van der Waals surface area contributed by atoms with Crippen molar-refractivity contribution in [1.82, 2.24) is 0 Å². The zero-order chi connectivity index (χ0) is 20.5. The van der Waals surface area contributed by atoms with Crippen LogP contribution in [-0.2, 0) is 14.3 Å². The highest BCUT2D eigenvalue weighted by atomic mass is 16.5. The SMILES string of the molecule is CC(=O)O[C@@H]1C[C@@]2(C)[C@@H](CC[C@]2(O)C(C)=O)[C@@H]2CC[C@@H]3C[C@H](O)CC[C@]3(C)[C@H]21. The first-order chi connectivity index (χ1) is 13.0. The van der Waals surface area contributed by atoms with Crippen molar-refractivity contribution < 1.29 is 24.5 Å². The fourth-order valence-electron chi connectivity index (χ4n) is 8.23. The lowest BCUT2D eigenvalue weighted by Crippen LogP contribution is -2.63. The molecular formula is C23H36O5. The molecule has 158 valence electrons. The average Bonchev–Trinajstić information content (AvgIpc) is 2.87. The van der Waals surface area contributed by atoms with Crippen LogP contribution in [0, 0.1) is 34.5 Å². The van der Waals surface area contributed by atoms with E-state index in [1.54, 1.807) is 0 Å². The third-order valence-corrected chi connectivity index (χ3v) is 9.60. The molecule has 4 fully saturated rings. The summed E-state index contributed by atoms with van der Waals surface area (Å²) < 4.78 is 5.92. The van der Waals surface area contributed by atoms with Gasteiger partial charge in [-0.15, -0.1) is 0 Å². The van der Waals surface area contributed by atoms with Crippen molar-refractivity contribution in [3.8, 4) is 0 Å². The van der Waals surface area contributed by atoms with Crippen LogP contribution in [0.3, 0.4) is 0 Å². The Morgan fingerprint density at radius 3 is 2.39 bits per heavy atom. The maximum absolute atomic E-state index is 12.5. The number of fused-ring (bicyclic) bond motifs is 5. The van der Waals surface area contributed by atoms with E-state index in [9.17, 15) is 19.8 Å². The molecule has 0 amide bonds. The molecule has 0 heterocycles. The quantitative estimate of drug-likeness (QED) is 0.705. The van der Waals surface area contributed by atoms with E-state index in [0.717, 1.165) is 38.5 Å². The van der Waals surface area contributed by atoms with E-state index >= 15 is 0 Å². The molecule has 0 aliphatic heterocycles. The average molecular weight is 393 g/mol. The molecule has 4 rings (SSSR count). The summed E-state index contributed by atoms with van der Waals surface area (Å²) in [6.07, 6.45) is 6.16. The third-order valence-electron chi connectivity index (χ3n) is 9.60. The molecule has 0 aromatic rings. The highest BCUT2D eigenvalue weighted by molar-refractivity contribution is 5.86. The first-order valence-electron chi connectivity index (χ1n) is 11.1. The van der Waals surface area contributed by atoms with Gasteiger partial charge >= 0.3 is 5.97 Å². The molecule has 5 nitrogen and oxygen atoms in total. The van der Waals surface area contributed by atoms with Crippen LogP contribution in [-0.4, -0.2) is 39.8 Å². The molecule has 2 N–H and O–H groups in total. The number of rotatable bonds is 2. The molecule has 9 atom stereocenters. The number of carbonyl (C=O) groups excluding carboxylic acids is 2. The van der Waals surface area contributed by atoms with Gasteiger partial charge in [-0.25, -0.2) is 0 Å². The summed E-state index contributed by atoms with van der Waals surface area (Å²) in [7, 11) is 0. The normalized spacial score (nSPS) is 52.9. The Morgan fingerprint density at radius 2 is 1.75 bits per heavy atom. The van der Waals surface area contributed by atoms with Gasteiger partial charge in [0.25, 0.3) is 0 Å². The second-order valence-electron chi connectivity index (χ2n) is 10.7. The zero-order valence-electron chi connectivity index (χ0n) is 17.7. The largest absolute Gasteiger partial charge is 0.462 e. The molecule has 4 saturated carbocycles. The minimum atomic E-state index is -1.32. The molecule has 0 radical (unpaired) electrons. The molecule has 4 aliphatic carbocycles. The first-order valence-corrected chi connectivity index (χ1v) is 11.1. The molecule has 0 aromatic heterocycles. The summed E-state index contributed by atoms with van der Waals surface area (Å²) in [4.78, 5) is 24.5. The summed E-state index contributed by atoms with van der Waals surface area (Å²) in [5.74, 6) is 0.897. The van der Waals surface area contributed by atoms with Crippen molar-refractivity contribution in [2.75, 3.05) is 0 Å². The van der Waals surface area contributed by atoms with Crippen LogP contribution in [0.15, 0.2) is 0 Å². The molecule has 0 spiro atoms. The van der Waals surface area contributed by atoms with Gasteiger partial charge < -0.3 is 14.9 Å². The standard InChI is InChI=1S/C23H36O5/c1-13(24)23(27)10-8-18-17-6-5-15-11-16(26)7-9-21(15,3)20(17)19(28-14(2)25)12-22(18,23)4/h15-20,26-27H,5-12H2,1-4H3/t15-,16-,17+,18+,19-,20-,21+,22+,23+/m1/s1. The molecule has 0 bridgehead atoms. The lowest BCUT2D eigenvalue weighted by atomic mass is 9.43. The number of ether oxygens (including phenoxy) is 1. The predicted molar refractivity (Wildman–Crippen MR) is 104 cm³/mol. The van der Waals surface area contributed by atoms with Crippen molar-refractivity contribution in [2.24, 2.45) is 34.5 Å². The Kier molecular flexibility index (Phi) is 4.74. The fourth-order valence-corrected chi connectivity index (χ4v) is 8.23. The van der Waals surface area contributed by atoms with Crippen molar-refractivity contribution in [3.05, 3.63) is 0 Å².